The summed E-state index contributed by atoms with van der Waals surface area (Å²) >= 11 is 1.77. The first-order chi connectivity index (χ1) is 21.4. The van der Waals surface area contributed by atoms with Gasteiger partial charge in [0.1, 0.15) is 29.5 Å². The number of thioether (sulfide) groups is 1. The molecule has 11 heteroatoms. The SMILES string of the molecule is C=CC(=O)N1CCN(c2c(C#N)c(OC[C@@H]3CCCN3C)nc3c(F)c(-c4cccc5c4CCCS5)ncc23)C[C@@H]1CC#N. The number of carbonyl (C=O) groups is 1. The number of likely N-dealkylation sites (N-methyl/N-ethyl adjacent to an activating group) is 1. The first kappa shape index (κ1) is 29.9. The Morgan fingerprint density at radius 3 is 2.86 bits per heavy atom. The van der Waals surface area contributed by atoms with Crippen LogP contribution in [0.25, 0.3) is 22.2 Å². The third-order valence-electron chi connectivity index (χ3n) is 8.91. The maximum atomic E-state index is 16.7. The number of hydrogen-bond donors (Lipinski definition) is 0. The van der Waals surface area contributed by atoms with Gasteiger partial charge < -0.3 is 19.4 Å². The molecule has 2 atom stereocenters. The van der Waals surface area contributed by atoms with E-state index in [-0.39, 0.29) is 47.6 Å². The molecular formula is C33H34FN7O2S. The van der Waals surface area contributed by atoms with Crippen LogP contribution in [0.2, 0.25) is 0 Å². The lowest BCUT2D eigenvalue weighted by Gasteiger charge is -2.42. The normalized spacial score (nSPS) is 20.2. The van der Waals surface area contributed by atoms with Crippen LogP contribution in [0.1, 0.15) is 36.8 Å². The topological polar surface area (TPSA) is 109 Å². The number of anilines is 1. The second-order valence-corrected chi connectivity index (χ2v) is 12.6. The fourth-order valence-electron chi connectivity index (χ4n) is 6.60. The zero-order chi connectivity index (χ0) is 30.8. The second-order valence-electron chi connectivity index (χ2n) is 11.5. The van der Waals surface area contributed by atoms with E-state index < -0.39 is 11.9 Å². The highest BCUT2D eigenvalue weighted by atomic mass is 32.2. The highest BCUT2D eigenvalue weighted by molar-refractivity contribution is 7.99. The number of pyridine rings is 2. The molecule has 9 nitrogen and oxygen atoms in total. The number of hydrogen-bond acceptors (Lipinski definition) is 9. The van der Waals surface area contributed by atoms with E-state index in [0.717, 1.165) is 54.0 Å². The maximum Gasteiger partial charge on any atom is 0.246 e. The van der Waals surface area contributed by atoms with Crippen molar-refractivity contribution in [2.24, 2.45) is 0 Å². The lowest BCUT2D eigenvalue weighted by Crippen LogP contribution is -2.55. The van der Waals surface area contributed by atoms with E-state index in [1.165, 1.54) is 6.08 Å². The van der Waals surface area contributed by atoms with Gasteiger partial charge in [0.05, 0.1) is 24.2 Å². The molecule has 0 unspecified atom stereocenters. The Hall–Kier alpha value is -4.19. The predicted molar refractivity (Wildman–Crippen MR) is 168 cm³/mol. The van der Waals surface area contributed by atoms with Gasteiger partial charge in [0.25, 0.3) is 0 Å². The summed E-state index contributed by atoms with van der Waals surface area (Å²) in [5.41, 5.74) is 2.81. The van der Waals surface area contributed by atoms with Gasteiger partial charge in [0.2, 0.25) is 11.8 Å². The van der Waals surface area contributed by atoms with Crippen LogP contribution in [0.15, 0.2) is 41.9 Å². The summed E-state index contributed by atoms with van der Waals surface area (Å²) < 4.78 is 22.9. The molecule has 0 N–H and O–H groups in total. The Morgan fingerprint density at radius 1 is 1.25 bits per heavy atom. The minimum atomic E-state index is -0.561. The van der Waals surface area contributed by atoms with E-state index >= 15 is 4.39 Å². The molecule has 226 valence electrons. The molecule has 0 bridgehead atoms. The Morgan fingerprint density at radius 2 is 2.11 bits per heavy atom. The van der Waals surface area contributed by atoms with Gasteiger partial charge in [-0.15, -0.1) is 11.8 Å². The number of benzene rings is 1. The fourth-order valence-corrected chi connectivity index (χ4v) is 7.67. The highest BCUT2D eigenvalue weighted by Gasteiger charge is 2.34. The summed E-state index contributed by atoms with van der Waals surface area (Å²) in [7, 11) is 2.04. The zero-order valence-corrected chi connectivity index (χ0v) is 25.6. The zero-order valence-electron chi connectivity index (χ0n) is 24.8. The number of carbonyl (C=O) groups excluding carboxylic acids is 1. The molecule has 6 rings (SSSR count). The molecule has 0 saturated carbocycles. The van der Waals surface area contributed by atoms with Gasteiger partial charge >= 0.3 is 0 Å². The van der Waals surface area contributed by atoms with Crippen molar-refractivity contribution in [3.63, 3.8) is 0 Å². The Balaban J connectivity index is 1.49. The molecule has 0 radical (unpaired) electrons. The summed E-state index contributed by atoms with van der Waals surface area (Å²) in [5.74, 6) is 0.297. The quantitative estimate of drug-likeness (QED) is 0.343. The summed E-state index contributed by atoms with van der Waals surface area (Å²) in [6.45, 7) is 5.86. The molecule has 3 aliphatic heterocycles. The van der Waals surface area contributed by atoms with Crippen LogP contribution in [0, 0.1) is 28.5 Å². The molecule has 1 amide bonds. The Bertz CT molecular complexity index is 1700. The van der Waals surface area contributed by atoms with Crippen molar-refractivity contribution < 1.29 is 13.9 Å². The fraction of sp³-hybridized carbons (Fsp3) is 0.424. The number of amides is 1. The number of piperazine rings is 1. The van der Waals surface area contributed by atoms with E-state index in [1.54, 1.807) is 22.9 Å². The van der Waals surface area contributed by atoms with Crippen molar-refractivity contribution in [1.29, 1.82) is 10.5 Å². The van der Waals surface area contributed by atoms with Gasteiger partial charge in [0, 0.05) is 47.7 Å². The van der Waals surface area contributed by atoms with Gasteiger partial charge in [0.15, 0.2) is 5.82 Å². The molecule has 0 spiro atoms. The van der Waals surface area contributed by atoms with Crippen molar-refractivity contribution in [2.45, 2.75) is 49.1 Å². The van der Waals surface area contributed by atoms with E-state index in [2.05, 4.69) is 39.7 Å². The minimum Gasteiger partial charge on any atom is -0.475 e. The third kappa shape index (κ3) is 5.47. The number of aromatic nitrogens is 2. The van der Waals surface area contributed by atoms with Crippen LogP contribution < -0.4 is 9.64 Å². The van der Waals surface area contributed by atoms with E-state index in [9.17, 15) is 15.3 Å². The number of nitriles is 2. The summed E-state index contributed by atoms with van der Waals surface area (Å²) in [6, 6.07) is 10.1. The largest absolute Gasteiger partial charge is 0.475 e. The lowest BCUT2D eigenvalue weighted by atomic mass is 9.98. The van der Waals surface area contributed by atoms with Gasteiger partial charge in [-0.2, -0.15) is 10.5 Å². The molecule has 5 heterocycles. The standard InChI is InChI=1S/C33H34FN7O2S/c1-3-28(42)41-15-14-40(19-21(41)11-12-35)32-25(17-36)33(43-20-22-7-5-13-39(22)2)38-31-26(32)18-37-30(29(31)34)24-8-4-10-27-23(24)9-6-16-44-27/h3-4,8,10,18,21-22H,1,5-7,9,11,13-16,19-20H2,2H3/t21-,22-/m0/s1. The lowest BCUT2D eigenvalue weighted by molar-refractivity contribution is -0.128. The van der Waals surface area contributed by atoms with Crippen molar-refractivity contribution in [3.8, 4) is 29.3 Å². The van der Waals surface area contributed by atoms with Crippen molar-refractivity contribution in [2.75, 3.05) is 50.5 Å². The van der Waals surface area contributed by atoms with Crippen molar-refractivity contribution in [1.82, 2.24) is 19.8 Å². The molecule has 3 aromatic rings. The third-order valence-corrected chi connectivity index (χ3v) is 10.1. The van der Waals surface area contributed by atoms with E-state index in [1.807, 2.05) is 24.1 Å². The Kier molecular flexibility index (Phi) is 8.69. The monoisotopic (exact) mass is 611 g/mol. The molecule has 2 saturated heterocycles. The van der Waals surface area contributed by atoms with Gasteiger partial charge in [-0.25, -0.2) is 9.37 Å². The van der Waals surface area contributed by atoms with Crippen LogP contribution in [0.5, 0.6) is 5.88 Å². The predicted octanol–water partition coefficient (Wildman–Crippen LogP) is 4.94. The number of fused-ring (bicyclic) bond motifs is 2. The summed E-state index contributed by atoms with van der Waals surface area (Å²) in [5, 5.41) is 20.4. The second kappa shape index (κ2) is 12.8. The van der Waals surface area contributed by atoms with Gasteiger partial charge in [-0.1, -0.05) is 18.7 Å². The minimum absolute atomic E-state index is 0.0819. The smallest absolute Gasteiger partial charge is 0.246 e. The number of halogens is 1. The van der Waals surface area contributed by atoms with Crippen LogP contribution in [0.4, 0.5) is 10.1 Å². The number of rotatable bonds is 7. The number of ether oxygens (including phenoxy) is 1. The van der Waals surface area contributed by atoms with Crippen LogP contribution in [0.3, 0.4) is 0 Å². The van der Waals surface area contributed by atoms with E-state index in [4.69, 9.17) is 4.74 Å². The Labute approximate surface area is 260 Å². The number of likely N-dealkylation sites (tertiary alicyclic amines) is 1. The van der Waals surface area contributed by atoms with Crippen LogP contribution in [-0.4, -0.2) is 83.3 Å². The van der Waals surface area contributed by atoms with Gasteiger partial charge in [-0.3, -0.25) is 9.78 Å². The first-order valence-electron chi connectivity index (χ1n) is 15.0. The molecular weight excluding hydrogens is 577 g/mol. The van der Waals surface area contributed by atoms with Crippen molar-refractivity contribution in [3.05, 3.63) is 54.0 Å². The average Bonchev–Trinajstić information content (AvgIpc) is 3.47. The number of nitrogens with zero attached hydrogens (tertiary/aromatic N) is 7. The molecule has 44 heavy (non-hydrogen) atoms. The highest BCUT2D eigenvalue weighted by Crippen LogP contribution is 2.41. The average molecular weight is 612 g/mol. The molecule has 3 aliphatic rings. The molecule has 1 aromatic carbocycles. The molecule has 2 aromatic heterocycles. The van der Waals surface area contributed by atoms with Crippen LogP contribution in [-0.2, 0) is 11.2 Å². The first-order valence-corrected chi connectivity index (χ1v) is 16.0. The maximum absolute atomic E-state index is 16.7. The van der Waals surface area contributed by atoms with Gasteiger partial charge in [-0.05, 0) is 62.7 Å². The molecule has 0 aliphatic carbocycles. The molecule has 2 fully saturated rings. The van der Waals surface area contributed by atoms with E-state index in [0.29, 0.717) is 30.8 Å². The van der Waals surface area contributed by atoms with Crippen molar-refractivity contribution >= 4 is 34.3 Å². The summed E-state index contributed by atoms with van der Waals surface area (Å²) in [6.07, 6.45) is 6.83. The van der Waals surface area contributed by atoms with Crippen LogP contribution >= 0.6 is 11.8 Å². The summed E-state index contributed by atoms with van der Waals surface area (Å²) in [4.78, 5) is 28.8.